The molecule has 1 aromatic heterocycles. The van der Waals surface area contributed by atoms with Crippen molar-refractivity contribution in [2.24, 2.45) is 0 Å². The summed E-state index contributed by atoms with van der Waals surface area (Å²) in [6.07, 6.45) is 0. The van der Waals surface area contributed by atoms with Gasteiger partial charge in [-0.05, 0) is 13.8 Å². The standard InChI is InChI=1S/C5H11N5O/c1-5(2,11)3-8-9-4(6)10(3)7/h11H,7H2,1-2H3,(H2,6,9). The number of rotatable bonds is 1. The maximum absolute atomic E-state index is 9.42. The van der Waals surface area contributed by atoms with Crippen LogP contribution in [-0.4, -0.2) is 20.0 Å². The molecule has 1 heterocycles. The van der Waals surface area contributed by atoms with E-state index in [0.717, 1.165) is 4.68 Å². The molecule has 1 aromatic rings. The van der Waals surface area contributed by atoms with Crippen molar-refractivity contribution in [3.63, 3.8) is 0 Å². The molecule has 0 saturated carbocycles. The quantitative estimate of drug-likeness (QED) is 0.444. The summed E-state index contributed by atoms with van der Waals surface area (Å²) in [5.41, 5.74) is 4.18. The van der Waals surface area contributed by atoms with Gasteiger partial charge in [0.05, 0.1) is 0 Å². The molecule has 0 aliphatic heterocycles. The van der Waals surface area contributed by atoms with Gasteiger partial charge in [-0.25, -0.2) is 4.68 Å². The largest absolute Gasteiger partial charge is 0.382 e. The van der Waals surface area contributed by atoms with E-state index in [-0.39, 0.29) is 11.8 Å². The summed E-state index contributed by atoms with van der Waals surface area (Å²) < 4.78 is 1.06. The molecule has 0 aromatic carbocycles. The molecule has 1 rings (SSSR count). The molecular formula is C5H11N5O. The lowest BCUT2D eigenvalue weighted by molar-refractivity contribution is 0.0662. The summed E-state index contributed by atoms with van der Waals surface area (Å²) >= 11 is 0. The number of aromatic nitrogens is 3. The predicted molar refractivity (Wildman–Crippen MR) is 39.8 cm³/mol. The first kappa shape index (κ1) is 7.80. The van der Waals surface area contributed by atoms with Crippen LogP contribution in [0, 0.1) is 0 Å². The van der Waals surface area contributed by atoms with E-state index in [2.05, 4.69) is 10.2 Å². The fourth-order valence-electron chi connectivity index (χ4n) is 0.721. The van der Waals surface area contributed by atoms with E-state index in [0.29, 0.717) is 0 Å². The second kappa shape index (κ2) is 2.09. The molecule has 0 amide bonds. The van der Waals surface area contributed by atoms with Gasteiger partial charge < -0.3 is 16.7 Å². The second-order valence-corrected chi connectivity index (χ2v) is 2.81. The summed E-state index contributed by atoms with van der Waals surface area (Å²) in [4.78, 5) is 0. The highest BCUT2D eigenvalue weighted by Crippen LogP contribution is 2.16. The zero-order valence-corrected chi connectivity index (χ0v) is 6.44. The highest BCUT2D eigenvalue weighted by molar-refractivity contribution is 5.19. The van der Waals surface area contributed by atoms with E-state index < -0.39 is 5.60 Å². The minimum atomic E-state index is -1.11. The Hall–Kier alpha value is -1.30. The Morgan fingerprint density at radius 3 is 2.18 bits per heavy atom. The number of anilines is 1. The highest BCUT2D eigenvalue weighted by Gasteiger charge is 2.23. The van der Waals surface area contributed by atoms with Gasteiger partial charge in [-0.3, -0.25) is 0 Å². The minimum absolute atomic E-state index is 0.0853. The average molecular weight is 157 g/mol. The molecule has 62 valence electrons. The van der Waals surface area contributed by atoms with Crippen molar-refractivity contribution in [1.82, 2.24) is 14.9 Å². The van der Waals surface area contributed by atoms with Crippen LogP contribution in [0.25, 0.3) is 0 Å². The third-order valence-electron chi connectivity index (χ3n) is 1.27. The number of nitrogen functional groups attached to an aromatic ring is 2. The van der Waals surface area contributed by atoms with E-state index in [4.69, 9.17) is 11.6 Å². The van der Waals surface area contributed by atoms with E-state index in [9.17, 15) is 5.11 Å². The van der Waals surface area contributed by atoms with Crippen molar-refractivity contribution in [3.8, 4) is 0 Å². The zero-order valence-electron chi connectivity index (χ0n) is 6.44. The molecule has 0 saturated heterocycles. The van der Waals surface area contributed by atoms with Gasteiger partial charge in [0.1, 0.15) is 5.60 Å². The number of hydrogen-bond donors (Lipinski definition) is 3. The third-order valence-corrected chi connectivity index (χ3v) is 1.27. The van der Waals surface area contributed by atoms with Gasteiger partial charge in [0.2, 0.25) is 5.95 Å². The van der Waals surface area contributed by atoms with Crippen LogP contribution < -0.4 is 11.6 Å². The summed E-state index contributed by atoms with van der Waals surface area (Å²) in [6, 6.07) is 0. The number of nitrogens with two attached hydrogens (primary N) is 2. The molecule has 0 atom stereocenters. The summed E-state index contributed by atoms with van der Waals surface area (Å²) in [6.45, 7) is 3.11. The lowest BCUT2D eigenvalue weighted by atomic mass is 10.1. The molecule has 0 radical (unpaired) electrons. The molecule has 6 nitrogen and oxygen atoms in total. The molecule has 0 spiro atoms. The first-order valence-corrected chi connectivity index (χ1v) is 3.11. The molecule has 6 heteroatoms. The van der Waals surface area contributed by atoms with Crippen LogP contribution in [-0.2, 0) is 5.60 Å². The van der Waals surface area contributed by atoms with Gasteiger partial charge in [0.25, 0.3) is 0 Å². The number of hydrogen-bond acceptors (Lipinski definition) is 5. The Morgan fingerprint density at radius 2 is 2.00 bits per heavy atom. The Bertz CT molecular complexity index is 260. The predicted octanol–water partition coefficient (Wildman–Crippen LogP) is -1.20. The van der Waals surface area contributed by atoms with Crippen LogP contribution in [0.2, 0.25) is 0 Å². The first-order valence-electron chi connectivity index (χ1n) is 3.11. The normalized spacial score (nSPS) is 11.9. The van der Waals surface area contributed by atoms with E-state index in [1.54, 1.807) is 13.8 Å². The fraction of sp³-hybridized carbons (Fsp3) is 0.600. The fourth-order valence-corrected chi connectivity index (χ4v) is 0.721. The van der Waals surface area contributed by atoms with Crippen LogP contribution >= 0.6 is 0 Å². The highest BCUT2D eigenvalue weighted by atomic mass is 16.3. The van der Waals surface area contributed by atoms with E-state index in [1.807, 2.05) is 0 Å². The minimum Gasteiger partial charge on any atom is -0.382 e. The van der Waals surface area contributed by atoms with Crippen LogP contribution in [0.5, 0.6) is 0 Å². The van der Waals surface area contributed by atoms with Crippen LogP contribution in [0.3, 0.4) is 0 Å². The lowest BCUT2D eigenvalue weighted by Crippen LogP contribution is -2.26. The number of nitrogens with zero attached hydrogens (tertiary/aromatic N) is 3. The topological polar surface area (TPSA) is 103 Å². The molecule has 0 unspecified atom stereocenters. The molecule has 0 bridgehead atoms. The molecule has 0 aliphatic carbocycles. The van der Waals surface area contributed by atoms with Crippen molar-refractivity contribution in [3.05, 3.63) is 5.82 Å². The number of aliphatic hydroxyl groups is 1. The van der Waals surface area contributed by atoms with Gasteiger partial charge in [0.15, 0.2) is 5.82 Å². The van der Waals surface area contributed by atoms with Crippen LogP contribution in [0.4, 0.5) is 5.95 Å². The Balaban J connectivity index is 3.15. The van der Waals surface area contributed by atoms with Crippen molar-refractivity contribution >= 4 is 5.95 Å². The zero-order chi connectivity index (χ0) is 8.65. The molecule has 0 fully saturated rings. The van der Waals surface area contributed by atoms with Crippen molar-refractivity contribution in [2.75, 3.05) is 11.6 Å². The van der Waals surface area contributed by atoms with Crippen molar-refractivity contribution in [2.45, 2.75) is 19.4 Å². The summed E-state index contributed by atoms with van der Waals surface area (Å²) in [5.74, 6) is 5.73. The maximum atomic E-state index is 9.42. The summed E-state index contributed by atoms with van der Waals surface area (Å²) in [5, 5.41) is 16.5. The van der Waals surface area contributed by atoms with Crippen LogP contribution in [0.1, 0.15) is 19.7 Å². The second-order valence-electron chi connectivity index (χ2n) is 2.81. The SMILES string of the molecule is CC(C)(O)c1nnc(N)n1N. The Kier molecular flexibility index (Phi) is 1.48. The monoisotopic (exact) mass is 157 g/mol. The molecular weight excluding hydrogens is 146 g/mol. The maximum Gasteiger partial charge on any atom is 0.240 e. The first-order chi connectivity index (χ1) is 4.93. The van der Waals surface area contributed by atoms with Gasteiger partial charge in [-0.2, -0.15) is 0 Å². The van der Waals surface area contributed by atoms with Crippen LogP contribution in [0.15, 0.2) is 0 Å². The smallest absolute Gasteiger partial charge is 0.240 e. The Morgan fingerprint density at radius 1 is 1.45 bits per heavy atom. The van der Waals surface area contributed by atoms with Gasteiger partial charge in [0, 0.05) is 0 Å². The van der Waals surface area contributed by atoms with E-state index >= 15 is 0 Å². The average Bonchev–Trinajstić information content (AvgIpc) is 2.11. The lowest BCUT2D eigenvalue weighted by Gasteiger charge is -2.14. The van der Waals surface area contributed by atoms with E-state index in [1.165, 1.54) is 0 Å². The molecule has 11 heavy (non-hydrogen) atoms. The van der Waals surface area contributed by atoms with Gasteiger partial charge in [-0.15, -0.1) is 10.2 Å². The van der Waals surface area contributed by atoms with Gasteiger partial charge >= 0.3 is 0 Å². The molecule has 5 N–H and O–H groups in total. The Labute approximate surface area is 63.8 Å². The third kappa shape index (κ3) is 1.25. The molecule has 0 aliphatic rings. The van der Waals surface area contributed by atoms with Gasteiger partial charge in [-0.1, -0.05) is 0 Å². The van der Waals surface area contributed by atoms with Crippen molar-refractivity contribution in [1.29, 1.82) is 0 Å². The van der Waals surface area contributed by atoms with Crippen molar-refractivity contribution < 1.29 is 5.11 Å². The summed E-state index contributed by atoms with van der Waals surface area (Å²) in [7, 11) is 0.